The summed E-state index contributed by atoms with van der Waals surface area (Å²) in [6, 6.07) is 0. The highest BCUT2D eigenvalue weighted by Crippen LogP contribution is 2.41. The molecule has 5 heteroatoms. The third-order valence-corrected chi connectivity index (χ3v) is 4.94. The quantitative estimate of drug-likeness (QED) is 0.922. The molecule has 0 spiro atoms. The molecule has 21 heavy (non-hydrogen) atoms. The Morgan fingerprint density at radius 2 is 2.00 bits per heavy atom. The van der Waals surface area contributed by atoms with Gasteiger partial charge >= 0.3 is 5.97 Å². The molecule has 1 aromatic rings. The zero-order valence-electron chi connectivity index (χ0n) is 12.2. The molecule has 2 aliphatic carbocycles. The standard InChI is InChI=1S/C16H21N3O2/c20-16(21)11-3-2-8-19(9-11)15-12-4-1-5-13(12)17-14(18-15)10-6-7-10/h10-11H,1-9H2,(H,20,21)/t11-/m0/s1. The maximum absolute atomic E-state index is 11.3. The molecule has 1 saturated carbocycles. The first kappa shape index (κ1) is 13.0. The molecular formula is C16H21N3O2. The Kier molecular flexibility index (Phi) is 3.08. The molecule has 3 aliphatic rings. The Balaban J connectivity index is 1.68. The molecule has 0 bridgehead atoms. The predicted octanol–water partition coefficient (Wildman–Crippen LogP) is 2.14. The van der Waals surface area contributed by atoms with Crippen LogP contribution in [0.4, 0.5) is 5.82 Å². The first-order valence-electron chi connectivity index (χ1n) is 8.10. The molecule has 2 fully saturated rings. The van der Waals surface area contributed by atoms with E-state index < -0.39 is 5.97 Å². The van der Waals surface area contributed by atoms with Gasteiger partial charge in [0.2, 0.25) is 0 Å². The molecule has 1 aromatic heterocycles. The van der Waals surface area contributed by atoms with E-state index in [4.69, 9.17) is 9.97 Å². The summed E-state index contributed by atoms with van der Waals surface area (Å²) >= 11 is 0. The van der Waals surface area contributed by atoms with Gasteiger partial charge in [-0.15, -0.1) is 0 Å². The van der Waals surface area contributed by atoms with E-state index in [0.29, 0.717) is 12.5 Å². The first-order valence-corrected chi connectivity index (χ1v) is 8.10. The highest BCUT2D eigenvalue weighted by atomic mass is 16.4. The molecule has 1 saturated heterocycles. The van der Waals surface area contributed by atoms with Crippen molar-refractivity contribution in [2.45, 2.75) is 50.9 Å². The van der Waals surface area contributed by atoms with Crippen LogP contribution in [0.15, 0.2) is 0 Å². The summed E-state index contributed by atoms with van der Waals surface area (Å²) in [5, 5.41) is 9.29. The van der Waals surface area contributed by atoms with Crippen molar-refractivity contribution in [3.63, 3.8) is 0 Å². The van der Waals surface area contributed by atoms with Gasteiger partial charge in [0.25, 0.3) is 0 Å². The third kappa shape index (κ3) is 2.39. The Labute approximate surface area is 124 Å². The van der Waals surface area contributed by atoms with Crippen LogP contribution in [0.1, 0.15) is 55.1 Å². The van der Waals surface area contributed by atoms with Gasteiger partial charge in [-0.1, -0.05) is 0 Å². The summed E-state index contributed by atoms with van der Waals surface area (Å²) in [5.41, 5.74) is 2.50. The molecule has 2 heterocycles. The number of hydrogen-bond donors (Lipinski definition) is 1. The summed E-state index contributed by atoms with van der Waals surface area (Å²) in [7, 11) is 0. The molecular weight excluding hydrogens is 266 g/mol. The number of rotatable bonds is 3. The number of aliphatic carboxylic acids is 1. The molecule has 0 radical (unpaired) electrons. The minimum atomic E-state index is -0.673. The maximum atomic E-state index is 11.3. The SMILES string of the molecule is O=C(O)[C@H]1CCCN(c2nc(C3CC3)nc3c2CCC3)C1. The van der Waals surface area contributed by atoms with Crippen molar-refractivity contribution in [1.29, 1.82) is 0 Å². The normalized spacial score (nSPS) is 25.0. The topological polar surface area (TPSA) is 66.3 Å². The Hall–Kier alpha value is -1.65. The second-order valence-electron chi connectivity index (χ2n) is 6.58. The molecule has 0 amide bonds. The molecule has 1 atom stereocenters. The zero-order chi connectivity index (χ0) is 14.4. The van der Waals surface area contributed by atoms with Crippen LogP contribution in [-0.4, -0.2) is 34.1 Å². The smallest absolute Gasteiger partial charge is 0.308 e. The molecule has 112 valence electrons. The number of fused-ring (bicyclic) bond motifs is 1. The number of carboxylic acids is 1. The van der Waals surface area contributed by atoms with Crippen LogP contribution >= 0.6 is 0 Å². The lowest BCUT2D eigenvalue weighted by atomic mass is 9.98. The van der Waals surface area contributed by atoms with Gasteiger partial charge in [-0.05, 0) is 44.9 Å². The molecule has 5 nitrogen and oxygen atoms in total. The van der Waals surface area contributed by atoms with Crippen LogP contribution in [0.3, 0.4) is 0 Å². The van der Waals surface area contributed by atoms with Crippen molar-refractivity contribution in [2.75, 3.05) is 18.0 Å². The van der Waals surface area contributed by atoms with E-state index in [1.165, 1.54) is 24.1 Å². The van der Waals surface area contributed by atoms with Crippen molar-refractivity contribution in [3.8, 4) is 0 Å². The maximum Gasteiger partial charge on any atom is 0.308 e. The molecule has 0 unspecified atom stereocenters. The minimum Gasteiger partial charge on any atom is -0.481 e. The number of hydrogen-bond acceptors (Lipinski definition) is 4. The number of carbonyl (C=O) groups is 1. The fourth-order valence-electron chi connectivity index (χ4n) is 3.59. The van der Waals surface area contributed by atoms with Gasteiger partial charge < -0.3 is 10.0 Å². The average molecular weight is 287 g/mol. The Morgan fingerprint density at radius 3 is 2.76 bits per heavy atom. The minimum absolute atomic E-state index is 0.254. The van der Waals surface area contributed by atoms with E-state index in [0.717, 1.165) is 50.3 Å². The molecule has 1 aliphatic heterocycles. The number of aromatic nitrogens is 2. The number of piperidine rings is 1. The lowest BCUT2D eigenvalue weighted by Gasteiger charge is -2.33. The summed E-state index contributed by atoms with van der Waals surface area (Å²) < 4.78 is 0. The van der Waals surface area contributed by atoms with Crippen LogP contribution < -0.4 is 4.90 Å². The van der Waals surface area contributed by atoms with E-state index in [1.807, 2.05) is 0 Å². The lowest BCUT2D eigenvalue weighted by molar-refractivity contribution is -0.141. The first-order chi connectivity index (χ1) is 10.2. The van der Waals surface area contributed by atoms with Crippen LogP contribution in [0.5, 0.6) is 0 Å². The average Bonchev–Trinajstić information content (AvgIpc) is 3.24. The van der Waals surface area contributed by atoms with Gasteiger partial charge in [-0.3, -0.25) is 4.79 Å². The van der Waals surface area contributed by atoms with Gasteiger partial charge in [0, 0.05) is 30.3 Å². The third-order valence-electron chi connectivity index (χ3n) is 4.94. The number of nitrogens with zero attached hydrogens (tertiary/aromatic N) is 3. The summed E-state index contributed by atoms with van der Waals surface area (Å²) in [4.78, 5) is 23.1. The van der Waals surface area contributed by atoms with E-state index in [2.05, 4.69) is 4.90 Å². The van der Waals surface area contributed by atoms with Crippen molar-refractivity contribution in [3.05, 3.63) is 17.1 Å². The van der Waals surface area contributed by atoms with Gasteiger partial charge in [0.15, 0.2) is 0 Å². The lowest BCUT2D eigenvalue weighted by Crippen LogP contribution is -2.39. The Bertz CT molecular complexity index is 583. The second kappa shape index (κ2) is 4.97. The van der Waals surface area contributed by atoms with Gasteiger partial charge in [0.05, 0.1) is 5.92 Å². The zero-order valence-corrected chi connectivity index (χ0v) is 12.2. The monoisotopic (exact) mass is 287 g/mol. The van der Waals surface area contributed by atoms with Crippen molar-refractivity contribution < 1.29 is 9.90 Å². The van der Waals surface area contributed by atoms with Crippen molar-refractivity contribution in [2.24, 2.45) is 5.92 Å². The van der Waals surface area contributed by atoms with Crippen molar-refractivity contribution in [1.82, 2.24) is 9.97 Å². The van der Waals surface area contributed by atoms with Crippen molar-refractivity contribution >= 4 is 11.8 Å². The summed E-state index contributed by atoms with van der Waals surface area (Å²) in [6.07, 6.45) is 7.39. The summed E-state index contributed by atoms with van der Waals surface area (Å²) in [5.74, 6) is 1.67. The van der Waals surface area contributed by atoms with Gasteiger partial charge in [0.1, 0.15) is 11.6 Å². The van der Waals surface area contributed by atoms with E-state index >= 15 is 0 Å². The fraction of sp³-hybridized carbons (Fsp3) is 0.688. The number of carboxylic acid groups (broad SMARTS) is 1. The molecule has 0 aromatic carbocycles. The van der Waals surface area contributed by atoms with Gasteiger partial charge in [-0.25, -0.2) is 9.97 Å². The number of anilines is 1. The van der Waals surface area contributed by atoms with Crippen LogP contribution in [0.25, 0.3) is 0 Å². The fourth-order valence-corrected chi connectivity index (χ4v) is 3.59. The van der Waals surface area contributed by atoms with Gasteiger partial charge in [-0.2, -0.15) is 0 Å². The summed E-state index contributed by atoms with van der Waals surface area (Å²) in [6.45, 7) is 1.53. The molecule has 4 rings (SSSR count). The highest BCUT2D eigenvalue weighted by molar-refractivity contribution is 5.71. The highest BCUT2D eigenvalue weighted by Gasteiger charge is 2.33. The number of aryl methyl sites for hydroxylation is 1. The second-order valence-corrected chi connectivity index (χ2v) is 6.58. The largest absolute Gasteiger partial charge is 0.481 e. The van der Waals surface area contributed by atoms with E-state index in [1.54, 1.807) is 0 Å². The van der Waals surface area contributed by atoms with E-state index in [9.17, 15) is 9.90 Å². The van der Waals surface area contributed by atoms with Crippen LogP contribution in [-0.2, 0) is 17.6 Å². The van der Waals surface area contributed by atoms with E-state index in [-0.39, 0.29) is 5.92 Å². The van der Waals surface area contributed by atoms with Crippen LogP contribution in [0, 0.1) is 5.92 Å². The molecule has 1 N–H and O–H groups in total. The van der Waals surface area contributed by atoms with Crippen LogP contribution in [0.2, 0.25) is 0 Å². The predicted molar refractivity (Wildman–Crippen MR) is 78.6 cm³/mol. The Morgan fingerprint density at radius 1 is 1.14 bits per heavy atom.